The Morgan fingerprint density at radius 2 is 2.11 bits per heavy atom. The lowest BCUT2D eigenvalue weighted by Crippen LogP contribution is -2.30. The molecule has 1 heterocycles. The highest BCUT2D eigenvalue weighted by Crippen LogP contribution is 2.31. The molecule has 0 radical (unpaired) electrons. The molecule has 0 fully saturated rings. The molecule has 1 atom stereocenters. The fourth-order valence-electron chi connectivity index (χ4n) is 2.65. The molecule has 0 aliphatic carbocycles. The van der Waals surface area contributed by atoms with Crippen LogP contribution >= 0.6 is 22.6 Å². The lowest BCUT2D eigenvalue weighted by Gasteiger charge is -2.28. The van der Waals surface area contributed by atoms with Gasteiger partial charge in [-0.3, -0.25) is 0 Å². The maximum Gasteiger partial charge on any atom is 0.119 e. The van der Waals surface area contributed by atoms with Crippen LogP contribution in [0.1, 0.15) is 22.7 Å². The zero-order chi connectivity index (χ0) is 13.2. The van der Waals surface area contributed by atoms with E-state index in [9.17, 15) is 0 Å². The van der Waals surface area contributed by atoms with E-state index in [1.165, 1.54) is 20.3 Å². The summed E-state index contributed by atoms with van der Waals surface area (Å²) in [6.45, 7) is 1.01. The van der Waals surface area contributed by atoms with Gasteiger partial charge in [-0.15, -0.1) is 0 Å². The summed E-state index contributed by atoms with van der Waals surface area (Å²) >= 11 is 2.36. The first-order valence-electron chi connectivity index (χ1n) is 6.43. The van der Waals surface area contributed by atoms with Crippen molar-refractivity contribution in [3.63, 3.8) is 0 Å². The number of benzene rings is 2. The standard InChI is InChI=1S/C16H16INO/c1-19-14-5-6-15-11(10-14)7-8-18-16(15)12-3-2-4-13(17)9-12/h2-6,9-10,16,18H,7-8H2,1H3. The lowest BCUT2D eigenvalue weighted by molar-refractivity contribution is 0.413. The van der Waals surface area contributed by atoms with Gasteiger partial charge in [0.05, 0.1) is 13.2 Å². The number of hydrogen-bond acceptors (Lipinski definition) is 2. The topological polar surface area (TPSA) is 21.3 Å². The van der Waals surface area contributed by atoms with E-state index < -0.39 is 0 Å². The summed E-state index contributed by atoms with van der Waals surface area (Å²) in [5, 5.41) is 3.61. The highest BCUT2D eigenvalue weighted by atomic mass is 127. The first-order chi connectivity index (χ1) is 9.28. The highest BCUT2D eigenvalue weighted by molar-refractivity contribution is 14.1. The number of hydrogen-bond donors (Lipinski definition) is 1. The van der Waals surface area contributed by atoms with E-state index >= 15 is 0 Å². The van der Waals surface area contributed by atoms with Crippen LogP contribution in [0.15, 0.2) is 42.5 Å². The van der Waals surface area contributed by atoms with E-state index in [0.717, 1.165) is 18.7 Å². The fourth-order valence-corrected chi connectivity index (χ4v) is 3.22. The van der Waals surface area contributed by atoms with E-state index in [2.05, 4.69) is 64.3 Å². The van der Waals surface area contributed by atoms with Gasteiger partial charge in [0, 0.05) is 10.1 Å². The van der Waals surface area contributed by atoms with Gasteiger partial charge < -0.3 is 10.1 Å². The highest BCUT2D eigenvalue weighted by Gasteiger charge is 2.21. The zero-order valence-corrected chi connectivity index (χ0v) is 13.0. The van der Waals surface area contributed by atoms with Crippen LogP contribution in [0.4, 0.5) is 0 Å². The van der Waals surface area contributed by atoms with Crippen molar-refractivity contribution in [2.45, 2.75) is 12.5 Å². The SMILES string of the molecule is COc1ccc2c(c1)CCNC2c1cccc(I)c1. The van der Waals surface area contributed by atoms with Crippen molar-refractivity contribution in [2.75, 3.05) is 13.7 Å². The molecular weight excluding hydrogens is 349 g/mol. The van der Waals surface area contributed by atoms with Crippen molar-refractivity contribution in [1.82, 2.24) is 5.32 Å². The van der Waals surface area contributed by atoms with Gasteiger partial charge >= 0.3 is 0 Å². The smallest absolute Gasteiger partial charge is 0.119 e. The average molecular weight is 365 g/mol. The van der Waals surface area contributed by atoms with Crippen molar-refractivity contribution >= 4 is 22.6 Å². The normalized spacial score (nSPS) is 17.9. The predicted molar refractivity (Wildman–Crippen MR) is 85.7 cm³/mol. The molecule has 0 saturated carbocycles. The Balaban J connectivity index is 2.03. The molecule has 98 valence electrons. The molecule has 1 aliphatic rings. The number of methoxy groups -OCH3 is 1. The summed E-state index contributed by atoms with van der Waals surface area (Å²) < 4.78 is 6.59. The second-order valence-electron chi connectivity index (χ2n) is 4.76. The molecular formula is C16H16INO. The Labute approximate surface area is 127 Å². The first kappa shape index (κ1) is 12.9. The Morgan fingerprint density at radius 3 is 2.89 bits per heavy atom. The van der Waals surface area contributed by atoms with Crippen LogP contribution in [0, 0.1) is 3.57 Å². The second-order valence-corrected chi connectivity index (χ2v) is 6.00. The number of halogens is 1. The molecule has 2 aromatic carbocycles. The van der Waals surface area contributed by atoms with E-state index in [1.54, 1.807) is 7.11 Å². The van der Waals surface area contributed by atoms with Gasteiger partial charge in [-0.2, -0.15) is 0 Å². The molecule has 2 aromatic rings. The average Bonchev–Trinajstić information content (AvgIpc) is 2.46. The number of fused-ring (bicyclic) bond motifs is 1. The van der Waals surface area contributed by atoms with Crippen LogP contribution in [-0.4, -0.2) is 13.7 Å². The van der Waals surface area contributed by atoms with Crippen LogP contribution < -0.4 is 10.1 Å². The Kier molecular flexibility index (Phi) is 3.75. The number of ether oxygens (including phenoxy) is 1. The fraction of sp³-hybridized carbons (Fsp3) is 0.250. The molecule has 0 amide bonds. The maximum atomic E-state index is 5.32. The van der Waals surface area contributed by atoms with Crippen LogP contribution in [0.25, 0.3) is 0 Å². The third-order valence-electron chi connectivity index (χ3n) is 3.59. The Bertz CT molecular complexity index is 597. The van der Waals surface area contributed by atoms with Crippen LogP contribution in [0.2, 0.25) is 0 Å². The molecule has 3 rings (SSSR count). The minimum absolute atomic E-state index is 0.296. The molecule has 1 unspecified atom stereocenters. The summed E-state index contributed by atoms with van der Waals surface area (Å²) in [7, 11) is 1.72. The summed E-state index contributed by atoms with van der Waals surface area (Å²) in [5.41, 5.74) is 4.09. The van der Waals surface area contributed by atoms with Crippen molar-refractivity contribution < 1.29 is 4.74 Å². The van der Waals surface area contributed by atoms with Gasteiger partial charge in [0.2, 0.25) is 0 Å². The quantitative estimate of drug-likeness (QED) is 0.823. The summed E-state index contributed by atoms with van der Waals surface area (Å²) in [4.78, 5) is 0. The summed E-state index contributed by atoms with van der Waals surface area (Å²) in [6.07, 6.45) is 1.06. The molecule has 1 N–H and O–H groups in total. The first-order valence-corrected chi connectivity index (χ1v) is 7.51. The molecule has 1 aliphatic heterocycles. The van der Waals surface area contributed by atoms with Crippen molar-refractivity contribution in [3.8, 4) is 5.75 Å². The molecule has 3 heteroatoms. The zero-order valence-electron chi connectivity index (χ0n) is 10.8. The van der Waals surface area contributed by atoms with Gasteiger partial charge in [0.1, 0.15) is 5.75 Å². The monoisotopic (exact) mass is 365 g/mol. The van der Waals surface area contributed by atoms with Gasteiger partial charge in [0.25, 0.3) is 0 Å². The Morgan fingerprint density at radius 1 is 1.21 bits per heavy atom. The van der Waals surface area contributed by atoms with Crippen LogP contribution in [0.3, 0.4) is 0 Å². The molecule has 0 spiro atoms. The van der Waals surface area contributed by atoms with Gasteiger partial charge in [-0.1, -0.05) is 18.2 Å². The minimum Gasteiger partial charge on any atom is -0.497 e. The van der Waals surface area contributed by atoms with Crippen molar-refractivity contribution in [1.29, 1.82) is 0 Å². The van der Waals surface area contributed by atoms with Gasteiger partial charge in [0.15, 0.2) is 0 Å². The molecule has 19 heavy (non-hydrogen) atoms. The second kappa shape index (κ2) is 5.51. The summed E-state index contributed by atoms with van der Waals surface area (Å²) in [5.74, 6) is 0.946. The molecule has 0 saturated heterocycles. The van der Waals surface area contributed by atoms with Crippen molar-refractivity contribution in [3.05, 3.63) is 62.7 Å². The molecule has 0 aromatic heterocycles. The van der Waals surface area contributed by atoms with Crippen molar-refractivity contribution in [2.24, 2.45) is 0 Å². The van der Waals surface area contributed by atoms with E-state index in [4.69, 9.17) is 4.74 Å². The third kappa shape index (κ3) is 2.62. The largest absolute Gasteiger partial charge is 0.497 e. The maximum absolute atomic E-state index is 5.32. The third-order valence-corrected chi connectivity index (χ3v) is 4.26. The summed E-state index contributed by atoms with van der Waals surface area (Å²) in [6, 6.07) is 15.4. The van der Waals surface area contributed by atoms with Crippen LogP contribution in [0.5, 0.6) is 5.75 Å². The van der Waals surface area contributed by atoms with Gasteiger partial charge in [-0.05, 0) is 70.0 Å². The number of rotatable bonds is 2. The van der Waals surface area contributed by atoms with E-state index in [0.29, 0.717) is 6.04 Å². The lowest BCUT2D eigenvalue weighted by atomic mass is 9.90. The Hall–Kier alpha value is -1.07. The molecule has 0 bridgehead atoms. The van der Waals surface area contributed by atoms with Gasteiger partial charge in [-0.25, -0.2) is 0 Å². The van der Waals surface area contributed by atoms with E-state index in [-0.39, 0.29) is 0 Å². The van der Waals surface area contributed by atoms with Crippen LogP contribution in [-0.2, 0) is 6.42 Å². The minimum atomic E-state index is 0.296. The molecule has 2 nitrogen and oxygen atoms in total. The number of nitrogens with one attached hydrogen (secondary N) is 1. The predicted octanol–water partition coefficient (Wildman–Crippen LogP) is 3.53. The van der Waals surface area contributed by atoms with E-state index in [1.807, 2.05) is 6.07 Å².